The molecule has 1 aromatic heterocycles. The van der Waals surface area contributed by atoms with Crippen molar-refractivity contribution in [1.29, 1.82) is 0 Å². The van der Waals surface area contributed by atoms with Crippen molar-refractivity contribution in [2.45, 2.75) is 46.5 Å². The number of carbonyl (C=O) groups is 1. The minimum atomic E-state index is -0.825. The third kappa shape index (κ3) is 7.96. The van der Waals surface area contributed by atoms with Gasteiger partial charge < -0.3 is 23.7 Å². The fourth-order valence-corrected chi connectivity index (χ4v) is 5.38. The summed E-state index contributed by atoms with van der Waals surface area (Å²) in [6, 6.07) is 13.3. The summed E-state index contributed by atoms with van der Waals surface area (Å²) in [5, 5.41) is 1.26. The fraction of sp³-hybridized carbons (Fsp3) is 0.353. The molecule has 44 heavy (non-hydrogen) atoms. The molecule has 0 saturated carbocycles. The van der Waals surface area contributed by atoms with Gasteiger partial charge in [-0.15, -0.1) is 0 Å². The summed E-state index contributed by atoms with van der Waals surface area (Å²) in [5.74, 6) is -0.651. The number of unbranched alkanes of at least 4 members (excludes halogenated alkanes) is 3. The van der Waals surface area contributed by atoms with Crippen LogP contribution in [0.25, 0.3) is 16.6 Å². The van der Waals surface area contributed by atoms with Crippen molar-refractivity contribution in [3.63, 3.8) is 0 Å². The van der Waals surface area contributed by atoms with Gasteiger partial charge in [-0.2, -0.15) is 0 Å². The summed E-state index contributed by atoms with van der Waals surface area (Å²) in [6.45, 7) is 6.87. The second-order valence-corrected chi connectivity index (χ2v) is 10.9. The van der Waals surface area contributed by atoms with Gasteiger partial charge in [0.15, 0.2) is 0 Å². The topological polar surface area (TPSA) is 70.0 Å². The van der Waals surface area contributed by atoms with E-state index in [9.17, 15) is 18.4 Å². The van der Waals surface area contributed by atoms with Crippen molar-refractivity contribution >= 4 is 38.4 Å². The van der Waals surface area contributed by atoms with E-state index in [1.807, 2.05) is 13.8 Å². The number of hydrogen-bond acceptors (Lipinski definition) is 5. The smallest absolute Gasteiger partial charge is 0.263 e. The second-order valence-electron chi connectivity index (χ2n) is 10.1. The van der Waals surface area contributed by atoms with Crippen molar-refractivity contribution < 1.29 is 27.8 Å². The van der Waals surface area contributed by atoms with Crippen LogP contribution in [0.3, 0.4) is 0 Å². The van der Waals surface area contributed by atoms with E-state index in [1.165, 1.54) is 11.1 Å². The van der Waals surface area contributed by atoms with E-state index in [0.717, 1.165) is 49.2 Å². The predicted octanol–water partition coefficient (Wildman–Crippen LogP) is 8.07. The molecule has 4 aromatic rings. The SMILES string of the molecule is CCOc1cc(OCC)cc(-n2cc(C(=O)N(CC)c3cc(F)cc(F)c3)c(=O)c3ccc(OCCCCCCBr)cc32)c1. The van der Waals surface area contributed by atoms with Crippen LogP contribution >= 0.6 is 15.9 Å². The van der Waals surface area contributed by atoms with Crippen molar-refractivity contribution in [3.8, 4) is 22.9 Å². The normalized spacial score (nSPS) is 11.0. The number of pyridine rings is 1. The van der Waals surface area contributed by atoms with Gasteiger partial charge in [-0.1, -0.05) is 28.8 Å². The Morgan fingerprint density at radius 2 is 1.48 bits per heavy atom. The van der Waals surface area contributed by atoms with Gasteiger partial charge in [-0.05, 0) is 57.9 Å². The number of carbonyl (C=O) groups excluding carboxylic acids is 1. The van der Waals surface area contributed by atoms with Gasteiger partial charge in [-0.25, -0.2) is 8.78 Å². The zero-order valence-electron chi connectivity index (χ0n) is 25.2. The van der Waals surface area contributed by atoms with Gasteiger partial charge in [-0.3, -0.25) is 9.59 Å². The van der Waals surface area contributed by atoms with Crippen LogP contribution in [0.1, 0.15) is 56.8 Å². The molecule has 4 rings (SSSR count). The highest BCUT2D eigenvalue weighted by atomic mass is 79.9. The third-order valence-corrected chi connectivity index (χ3v) is 7.55. The molecular formula is C34H37BrF2N2O5. The van der Waals surface area contributed by atoms with Crippen LogP contribution in [0, 0.1) is 11.6 Å². The quantitative estimate of drug-likeness (QED) is 0.0945. The van der Waals surface area contributed by atoms with Crippen LogP contribution < -0.4 is 24.5 Å². The highest BCUT2D eigenvalue weighted by Gasteiger charge is 2.24. The van der Waals surface area contributed by atoms with E-state index in [2.05, 4.69) is 15.9 Å². The molecule has 0 spiro atoms. The van der Waals surface area contributed by atoms with Gasteiger partial charge >= 0.3 is 0 Å². The summed E-state index contributed by atoms with van der Waals surface area (Å²) in [4.78, 5) is 28.9. The lowest BCUT2D eigenvalue weighted by Crippen LogP contribution is -2.35. The van der Waals surface area contributed by atoms with Gasteiger partial charge in [0.2, 0.25) is 5.43 Å². The minimum absolute atomic E-state index is 0.0119. The maximum Gasteiger partial charge on any atom is 0.263 e. The van der Waals surface area contributed by atoms with Crippen LogP contribution in [-0.4, -0.2) is 42.2 Å². The van der Waals surface area contributed by atoms with E-state index in [1.54, 1.807) is 47.9 Å². The van der Waals surface area contributed by atoms with E-state index in [4.69, 9.17) is 14.2 Å². The number of aromatic nitrogens is 1. The highest BCUT2D eigenvalue weighted by molar-refractivity contribution is 9.09. The molecule has 0 unspecified atom stereocenters. The predicted molar refractivity (Wildman–Crippen MR) is 173 cm³/mol. The number of benzene rings is 3. The molecule has 0 radical (unpaired) electrons. The molecule has 7 nitrogen and oxygen atoms in total. The lowest BCUT2D eigenvalue weighted by molar-refractivity contribution is 0.0987. The van der Waals surface area contributed by atoms with Gasteiger partial charge in [0.1, 0.15) is 34.4 Å². The third-order valence-electron chi connectivity index (χ3n) is 6.99. The molecule has 0 fully saturated rings. The molecule has 0 aliphatic carbocycles. The molecule has 1 amide bonds. The van der Waals surface area contributed by atoms with E-state index < -0.39 is 23.0 Å². The molecule has 0 aliphatic rings. The Kier molecular flexibility index (Phi) is 11.8. The van der Waals surface area contributed by atoms with E-state index in [-0.39, 0.29) is 23.2 Å². The largest absolute Gasteiger partial charge is 0.494 e. The molecule has 1 heterocycles. The standard InChI is InChI=1S/C34H37BrF2N2O5/c1-4-38(25-16-23(36)15-24(37)17-25)34(41)31-22-39(26-18-28(42-5-2)20-29(19-26)43-6-3)32-21-27(11-12-30(32)33(31)40)44-14-10-8-7-9-13-35/h11-12,15-22H,4-10,13-14H2,1-3H3. The number of amides is 1. The number of ether oxygens (including phenoxy) is 3. The number of nitrogens with zero attached hydrogens (tertiary/aromatic N) is 2. The molecular weight excluding hydrogens is 634 g/mol. The minimum Gasteiger partial charge on any atom is -0.494 e. The monoisotopic (exact) mass is 670 g/mol. The Balaban J connectivity index is 1.86. The molecule has 10 heteroatoms. The summed E-state index contributed by atoms with van der Waals surface area (Å²) in [7, 11) is 0. The Hall–Kier alpha value is -3.92. The molecule has 0 bridgehead atoms. The number of rotatable bonds is 15. The average molecular weight is 672 g/mol. The summed E-state index contributed by atoms with van der Waals surface area (Å²) < 4.78 is 47.5. The first-order valence-electron chi connectivity index (χ1n) is 14.9. The zero-order chi connectivity index (χ0) is 31.6. The van der Waals surface area contributed by atoms with Gasteiger partial charge in [0, 0.05) is 59.5 Å². The Labute approximate surface area is 264 Å². The number of anilines is 1. The average Bonchev–Trinajstić information content (AvgIpc) is 2.99. The first kappa shape index (κ1) is 33.0. The van der Waals surface area contributed by atoms with Crippen molar-refractivity contribution in [2.75, 3.05) is 36.6 Å². The number of halogens is 3. The molecule has 3 aromatic carbocycles. The number of fused-ring (bicyclic) bond motifs is 1. The van der Waals surface area contributed by atoms with Crippen LogP contribution in [0.4, 0.5) is 14.5 Å². The summed E-state index contributed by atoms with van der Waals surface area (Å²) in [6.07, 6.45) is 5.61. The molecule has 0 N–H and O–H groups in total. The molecule has 0 saturated heterocycles. The summed E-state index contributed by atoms with van der Waals surface area (Å²) in [5.41, 5.74) is 0.440. The Bertz CT molecular complexity index is 1610. The van der Waals surface area contributed by atoms with Crippen LogP contribution in [0.5, 0.6) is 17.2 Å². The molecule has 0 aliphatic heterocycles. The van der Waals surface area contributed by atoms with Crippen molar-refractivity contribution in [1.82, 2.24) is 4.57 Å². The number of alkyl halides is 1. The summed E-state index contributed by atoms with van der Waals surface area (Å²) >= 11 is 3.45. The van der Waals surface area contributed by atoms with Crippen molar-refractivity contribution in [2.24, 2.45) is 0 Å². The van der Waals surface area contributed by atoms with E-state index >= 15 is 0 Å². The van der Waals surface area contributed by atoms with Crippen LogP contribution in [0.15, 0.2) is 65.6 Å². The second kappa shape index (κ2) is 15.7. The first-order chi connectivity index (χ1) is 21.3. The van der Waals surface area contributed by atoms with Crippen molar-refractivity contribution in [3.05, 3.63) is 88.2 Å². The van der Waals surface area contributed by atoms with Crippen LogP contribution in [-0.2, 0) is 0 Å². The Morgan fingerprint density at radius 3 is 2.09 bits per heavy atom. The Morgan fingerprint density at radius 1 is 0.818 bits per heavy atom. The van der Waals surface area contributed by atoms with Gasteiger partial charge in [0.05, 0.1) is 31.0 Å². The maximum absolute atomic E-state index is 14.1. The highest BCUT2D eigenvalue weighted by Crippen LogP contribution is 2.30. The lowest BCUT2D eigenvalue weighted by atomic mass is 10.1. The first-order valence-corrected chi connectivity index (χ1v) is 16.0. The zero-order valence-corrected chi connectivity index (χ0v) is 26.8. The van der Waals surface area contributed by atoms with Crippen LogP contribution in [0.2, 0.25) is 0 Å². The van der Waals surface area contributed by atoms with Gasteiger partial charge in [0.25, 0.3) is 5.91 Å². The molecule has 0 atom stereocenters. The molecule has 234 valence electrons. The van der Waals surface area contributed by atoms with E-state index in [0.29, 0.717) is 48.3 Å². The number of hydrogen-bond donors (Lipinski definition) is 0. The lowest BCUT2D eigenvalue weighted by Gasteiger charge is -2.22. The maximum atomic E-state index is 14.1. The fourth-order valence-electron chi connectivity index (χ4n) is 4.98.